The molecule has 38 heavy (non-hydrogen) atoms. The highest BCUT2D eigenvalue weighted by molar-refractivity contribution is 7.92. The van der Waals surface area contributed by atoms with E-state index in [-0.39, 0.29) is 23.0 Å². The van der Waals surface area contributed by atoms with Crippen molar-refractivity contribution < 1.29 is 22.7 Å². The van der Waals surface area contributed by atoms with Crippen LogP contribution < -0.4 is 14.4 Å². The summed E-state index contributed by atoms with van der Waals surface area (Å²) in [4.78, 5) is 28.2. The molecular formula is C29H35N3O5S. The summed E-state index contributed by atoms with van der Waals surface area (Å²) in [5.41, 5.74) is 3.03. The molecule has 3 aromatic rings. The monoisotopic (exact) mass is 537 g/mol. The van der Waals surface area contributed by atoms with E-state index in [1.165, 1.54) is 31.2 Å². The number of likely N-dealkylation sites (N-methyl/N-ethyl adjacent to an activating group) is 1. The lowest BCUT2D eigenvalue weighted by Gasteiger charge is -2.33. The largest absolute Gasteiger partial charge is 0.495 e. The number of para-hydroxylation sites is 2. The minimum atomic E-state index is -4.16. The minimum absolute atomic E-state index is 0.0465. The summed E-state index contributed by atoms with van der Waals surface area (Å²) in [5, 5.41) is 2.63. The summed E-state index contributed by atoms with van der Waals surface area (Å²) < 4.78 is 34.3. The third kappa shape index (κ3) is 6.52. The highest BCUT2D eigenvalue weighted by Crippen LogP contribution is 2.32. The molecule has 0 saturated heterocycles. The summed E-state index contributed by atoms with van der Waals surface area (Å²) in [7, 11) is -1.20. The van der Waals surface area contributed by atoms with Gasteiger partial charge in [0.25, 0.3) is 10.0 Å². The Morgan fingerprint density at radius 3 is 2.05 bits per heavy atom. The maximum atomic E-state index is 13.9. The number of nitrogens with one attached hydrogen (secondary N) is 1. The Morgan fingerprint density at radius 2 is 1.50 bits per heavy atom. The van der Waals surface area contributed by atoms with E-state index in [0.29, 0.717) is 12.2 Å². The van der Waals surface area contributed by atoms with Crippen LogP contribution in [0.1, 0.15) is 30.0 Å². The number of rotatable bonds is 11. The average Bonchev–Trinajstić information content (AvgIpc) is 2.92. The topological polar surface area (TPSA) is 96.0 Å². The van der Waals surface area contributed by atoms with E-state index in [0.717, 1.165) is 21.0 Å². The van der Waals surface area contributed by atoms with E-state index >= 15 is 0 Å². The van der Waals surface area contributed by atoms with Gasteiger partial charge in [-0.15, -0.1) is 0 Å². The molecule has 1 atom stereocenters. The van der Waals surface area contributed by atoms with Gasteiger partial charge in [0.15, 0.2) is 0 Å². The molecule has 1 N–H and O–H groups in total. The molecule has 0 fully saturated rings. The zero-order valence-electron chi connectivity index (χ0n) is 22.5. The first-order valence-corrected chi connectivity index (χ1v) is 13.8. The lowest BCUT2D eigenvalue weighted by molar-refractivity contribution is -0.140. The number of nitrogens with zero attached hydrogens (tertiary/aromatic N) is 2. The number of hydrogen-bond acceptors (Lipinski definition) is 5. The van der Waals surface area contributed by atoms with Gasteiger partial charge in [-0.2, -0.15) is 0 Å². The number of benzene rings is 3. The summed E-state index contributed by atoms with van der Waals surface area (Å²) in [6, 6.07) is 20.0. The van der Waals surface area contributed by atoms with Crippen LogP contribution in [0.5, 0.6) is 5.75 Å². The first kappa shape index (κ1) is 28.7. The quantitative estimate of drug-likeness (QED) is 0.398. The van der Waals surface area contributed by atoms with Crippen molar-refractivity contribution in [2.45, 2.75) is 44.7 Å². The molecule has 0 unspecified atom stereocenters. The molecule has 0 spiro atoms. The molecule has 0 aliphatic carbocycles. The zero-order valence-corrected chi connectivity index (χ0v) is 23.3. The van der Waals surface area contributed by atoms with Crippen LogP contribution in [-0.2, 0) is 26.2 Å². The predicted molar refractivity (Wildman–Crippen MR) is 149 cm³/mol. The number of aryl methyl sites for hydroxylation is 2. The van der Waals surface area contributed by atoms with E-state index in [4.69, 9.17) is 4.74 Å². The van der Waals surface area contributed by atoms with Crippen LogP contribution in [0.3, 0.4) is 0 Å². The first-order chi connectivity index (χ1) is 18.1. The van der Waals surface area contributed by atoms with Crippen molar-refractivity contribution in [1.82, 2.24) is 10.2 Å². The lowest BCUT2D eigenvalue weighted by Crippen LogP contribution is -2.51. The Kier molecular flexibility index (Phi) is 9.52. The van der Waals surface area contributed by atoms with Crippen LogP contribution in [0.25, 0.3) is 0 Å². The summed E-state index contributed by atoms with van der Waals surface area (Å²) >= 11 is 0. The van der Waals surface area contributed by atoms with Crippen molar-refractivity contribution in [2.24, 2.45) is 0 Å². The number of carbonyl (C=O) groups excluding carboxylic acids is 2. The molecule has 2 amide bonds. The molecule has 0 saturated carbocycles. The van der Waals surface area contributed by atoms with Crippen molar-refractivity contribution in [2.75, 3.05) is 25.0 Å². The van der Waals surface area contributed by atoms with Gasteiger partial charge >= 0.3 is 0 Å². The van der Waals surface area contributed by atoms with Crippen LogP contribution in [-0.4, -0.2) is 51.9 Å². The van der Waals surface area contributed by atoms with E-state index in [1.807, 2.05) is 45.0 Å². The highest BCUT2D eigenvalue weighted by Gasteiger charge is 2.34. The van der Waals surface area contributed by atoms with Gasteiger partial charge in [0.05, 0.1) is 17.7 Å². The van der Waals surface area contributed by atoms with Gasteiger partial charge < -0.3 is 15.0 Å². The third-order valence-electron chi connectivity index (χ3n) is 6.35. The van der Waals surface area contributed by atoms with Gasteiger partial charge in [-0.3, -0.25) is 13.9 Å². The van der Waals surface area contributed by atoms with E-state index in [1.54, 1.807) is 36.4 Å². The maximum absolute atomic E-state index is 13.9. The average molecular weight is 538 g/mol. The number of sulfonamides is 1. The Bertz CT molecular complexity index is 1360. The number of hydrogen-bond donors (Lipinski definition) is 1. The van der Waals surface area contributed by atoms with Gasteiger partial charge in [0.2, 0.25) is 11.8 Å². The molecule has 3 aromatic carbocycles. The molecule has 3 rings (SSSR count). The second-order valence-corrected chi connectivity index (χ2v) is 10.9. The van der Waals surface area contributed by atoms with E-state index < -0.39 is 28.5 Å². The van der Waals surface area contributed by atoms with Gasteiger partial charge in [-0.1, -0.05) is 66.6 Å². The number of carbonyl (C=O) groups is 2. The smallest absolute Gasteiger partial charge is 0.264 e. The molecule has 0 aliphatic heterocycles. The van der Waals surface area contributed by atoms with Crippen LogP contribution in [0.4, 0.5) is 5.69 Å². The normalized spacial score (nSPS) is 11.9. The molecular weight excluding hydrogens is 502 g/mol. The molecule has 0 aromatic heterocycles. The molecule has 0 radical (unpaired) electrons. The van der Waals surface area contributed by atoms with E-state index in [9.17, 15) is 18.0 Å². The number of ether oxygens (including phenoxy) is 1. The zero-order chi connectivity index (χ0) is 27.9. The summed E-state index contributed by atoms with van der Waals surface area (Å²) in [5.74, 6) is -0.528. The van der Waals surface area contributed by atoms with Crippen LogP contribution in [0, 0.1) is 13.8 Å². The maximum Gasteiger partial charge on any atom is 0.264 e. The number of methoxy groups -OCH3 is 1. The Hall–Kier alpha value is -3.85. The lowest BCUT2D eigenvalue weighted by atomic mass is 10.1. The molecule has 8 nitrogen and oxygen atoms in total. The van der Waals surface area contributed by atoms with Crippen molar-refractivity contribution in [3.8, 4) is 5.75 Å². The van der Waals surface area contributed by atoms with Crippen LogP contribution in [0.15, 0.2) is 77.7 Å². The van der Waals surface area contributed by atoms with Crippen molar-refractivity contribution >= 4 is 27.5 Å². The predicted octanol–water partition coefficient (Wildman–Crippen LogP) is 4.06. The van der Waals surface area contributed by atoms with Crippen molar-refractivity contribution in [3.05, 3.63) is 89.5 Å². The Morgan fingerprint density at radius 1 is 0.921 bits per heavy atom. The summed E-state index contributed by atoms with van der Waals surface area (Å²) in [6.45, 7) is 5.28. The second kappa shape index (κ2) is 12.6. The fraction of sp³-hybridized carbons (Fsp3) is 0.310. The van der Waals surface area contributed by atoms with Crippen molar-refractivity contribution in [3.63, 3.8) is 0 Å². The Labute approximate surface area is 225 Å². The fourth-order valence-electron chi connectivity index (χ4n) is 4.16. The van der Waals surface area contributed by atoms with Crippen molar-refractivity contribution in [1.29, 1.82) is 0 Å². The van der Waals surface area contributed by atoms with Gasteiger partial charge in [-0.25, -0.2) is 8.42 Å². The van der Waals surface area contributed by atoms with Crippen LogP contribution in [0.2, 0.25) is 0 Å². The summed E-state index contributed by atoms with van der Waals surface area (Å²) in [6.07, 6.45) is 0.358. The number of amides is 2. The molecule has 202 valence electrons. The van der Waals surface area contributed by atoms with Gasteiger partial charge in [0.1, 0.15) is 18.3 Å². The highest BCUT2D eigenvalue weighted by atomic mass is 32.2. The first-order valence-electron chi connectivity index (χ1n) is 12.4. The SMILES string of the molecule is CC[C@@H](C(=O)NC)N(Cc1ccc(C)cc1)C(=O)CN(c1ccccc1OC)S(=O)(=O)c1ccc(C)cc1. The van der Waals surface area contributed by atoms with Gasteiger partial charge in [-0.05, 0) is 50.1 Å². The minimum Gasteiger partial charge on any atom is -0.495 e. The third-order valence-corrected chi connectivity index (χ3v) is 8.12. The molecule has 9 heteroatoms. The Balaban J connectivity index is 2.09. The fourth-order valence-corrected chi connectivity index (χ4v) is 5.59. The van der Waals surface area contributed by atoms with E-state index in [2.05, 4.69) is 5.32 Å². The molecule has 0 heterocycles. The number of anilines is 1. The standard InChI is InChI=1S/C29H35N3O5S/c1-6-25(29(34)30-4)31(19-23-15-11-21(2)12-16-23)28(33)20-32(26-9-7-8-10-27(26)37-5)38(35,36)24-17-13-22(3)14-18-24/h7-18,25H,6,19-20H2,1-5H3,(H,30,34)/t25-/m0/s1. The molecule has 0 bridgehead atoms. The van der Waals surface area contributed by atoms with Gasteiger partial charge in [0, 0.05) is 13.6 Å². The van der Waals surface area contributed by atoms with Crippen LogP contribution >= 0.6 is 0 Å². The molecule has 0 aliphatic rings. The second-order valence-electron chi connectivity index (χ2n) is 9.04.